The lowest BCUT2D eigenvalue weighted by Crippen LogP contribution is -2.40. The van der Waals surface area contributed by atoms with Crippen molar-refractivity contribution in [2.24, 2.45) is 5.73 Å². The fourth-order valence-corrected chi connectivity index (χ4v) is 2.52. The van der Waals surface area contributed by atoms with E-state index in [4.69, 9.17) is 5.73 Å². The molecule has 1 amide bonds. The quantitative estimate of drug-likeness (QED) is 0.827. The summed E-state index contributed by atoms with van der Waals surface area (Å²) in [6, 6.07) is 10.4. The van der Waals surface area contributed by atoms with E-state index in [0.717, 1.165) is 44.5 Å². The Labute approximate surface area is 121 Å². The smallest absolute Gasteiger partial charge is 0.220 e. The number of carbonyl (C=O) groups excluding carboxylic acids is 1. The van der Waals surface area contributed by atoms with Crippen molar-refractivity contribution in [1.82, 2.24) is 10.2 Å². The second-order valence-corrected chi connectivity index (χ2v) is 5.54. The molecular formula is C16H25N3O. The van der Waals surface area contributed by atoms with Gasteiger partial charge in [-0.05, 0) is 44.5 Å². The number of benzene rings is 1. The number of hydrogen-bond acceptors (Lipinski definition) is 3. The summed E-state index contributed by atoms with van der Waals surface area (Å²) in [6.45, 7) is 3.78. The third-order valence-electron chi connectivity index (χ3n) is 3.84. The minimum Gasteiger partial charge on any atom is -0.352 e. The molecule has 1 saturated heterocycles. The van der Waals surface area contributed by atoms with Gasteiger partial charge in [0.15, 0.2) is 0 Å². The number of nitrogens with zero attached hydrogens (tertiary/aromatic N) is 1. The van der Waals surface area contributed by atoms with Gasteiger partial charge in [0.25, 0.3) is 0 Å². The largest absolute Gasteiger partial charge is 0.352 e. The van der Waals surface area contributed by atoms with Gasteiger partial charge in [0.05, 0.1) is 0 Å². The first kappa shape index (κ1) is 15.0. The minimum atomic E-state index is 0.141. The summed E-state index contributed by atoms with van der Waals surface area (Å²) in [5.74, 6) is 0.141. The average molecular weight is 275 g/mol. The summed E-state index contributed by atoms with van der Waals surface area (Å²) in [5, 5.41) is 2.97. The van der Waals surface area contributed by atoms with Crippen LogP contribution >= 0.6 is 0 Å². The van der Waals surface area contributed by atoms with Crippen molar-refractivity contribution in [3.05, 3.63) is 35.9 Å². The molecule has 110 valence electrons. The van der Waals surface area contributed by atoms with Gasteiger partial charge in [-0.3, -0.25) is 4.79 Å². The molecule has 20 heavy (non-hydrogen) atoms. The summed E-state index contributed by atoms with van der Waals surface area (Å²) in [4.78, 5) is 14.2. The van der Waals surface area contributed by atoms with Gasteiger partial charge in [-0.2, -0.15) is 0 Å². The van der Waals surface area contributed by atoms with Gasteiger partial charge in [-0.15, -0.1) is 0 Å². The molecular weight excluding hydrogens is 250 g/mol. The van der Waals surface area contributed by atoms with Crippen LogP contribution in [-0.2, 0) is 11.3 Å². The maximum Gasteiger partial charge on any atom is 0.220 e. The van der Waals surface area contributed by atoms with Crippen molar-refractivity contribution >= 4 is 5.91 Å². The zero-order valence-corrected chi connectivity index (χ0v) is 12.1. The van der Waals surface area contributed by atoms with Gasteiger partial charge >= 0.3 is 0 Å². The van der Waals surface area contributed by atoms with Gasteiger partial charge in [-0.25, -0.2) is 0 Å². The number of hydrogen-bond donors (Lipinski definition) is 2. The topological polar surface area (TPSA) is 58.4 Å². The molecule has 1 aromatic rings. The van der Waals surface area contributed by atoms with E-state index in [2.05, 4.69) is 10.2 Å². The lowest BCUT2D eigenvalue weighted by atomic mass is 10.1. The van der Waals surface area contributed by atoms with Crippen molar-refractivity contribution in [3.8, 4) is 0 Å². The van der Waals surface area contributed by atoms with Crippen LogP contribution in [-0.4, -0.2) is 36.5 Å². The first-order valence-corrected chi connectivity index (χ1v) is 7.52. The molecule has 1 heterocycles. The van der Waals surface area contributed by atoms with Crippen LogP contribution in [0.3, 0.4) is 0 Å². The van der Waals surface area contributed by atoms with Crippen molar-refractivity contribution in [1.29, 1.82) is 0 Å². The Hall–Kier alpha value is -1.39. The normalized spacial score (nSPS) is 17.1. The summed E-state index contributed by atoms with van der Waals surface area (Å²) in [6.07, 6.45) is 3.70. The Balaban J connectivity index is 1.56. The van der Waals surface area contributed by atoms with Gasteiger partial charge in [0.1, 0.15) is 0 Å². The fourth-order valence-electron chi connectivity index (χ4n) is 2.52. The average Bonchev–Trinajstić information content (AvgIpc) is 2.48. The summed E-state index contributed by atoms with van der Waals surface area (Å²) < 4.78 is 0. The first-order chi connectivity index (χ1) is 9.74. The van der Waals surface area contributed by atoms with E-state index in [1.807, 2.05) is 30.3 Å². The molecule has 3 N–H and O–H groups in total. The summed E-state index contributed by atoms with van der Waals surface area (Å²) >= 11 is 0. The van der Waals surface area contributed by atoms with Crippen molar-refractivity contribution < 1.29 is 4.79 Å². The van der Waals surface area contributed by atoms with Crippen LogP contribution < -0.4 is 11.1 Å². The van der Waals surface area contributed by atoms with Gasteiger partial charge in [-0.1, -0.05) is 30.3 Å². The molecule has 4 heteroatoms. The Morgan fingerprint density at radius 2 is 1.95 bits per heavy atom. The molecule has 1 aliphatic heterocycles. The Morgan fingerprint density at radius 1 is 1.25 bits per heavy atom. The standard InChI is InChI=1S/C16H25N3O/c17-15-8-11-19(12-9-15)10-4-7-16(20)18-13-14-5-2-1-3-6-14/h1-3,5-6,15H,4,7-13,17H2,(H,18,20). The van der Waals surface area contributed by atoms with Gasteiger partial charge in [0.2, 0.25) is 5.91 Å². The highest BCUT2D eigenvalue weighted by Crippen LogP contribution is 2.09. The number of rotatable bonds is 6. The van der Waals surface area contributed by atoms with E-state index in [-0.39, 0.29) is 5.91 Å². The molecule has 1 aromatic carbocycles. The first-order valence-electron chi connectivity index (χ1n) is 7.52. The maximum absolute atomic E-state index is 11.8. The monoisotopic (exact) mass is 275 g/mol. The van der Waals surface area contributed by atoms with E-state index in [9.17, 15) is 4.79 Å². The van der Waals surface area contributed by atoms with Crippen LogP contribution in [0.15, 0.2) is 30.3 Å². The van der Waals surface area contributed by atoms with Crippen molar-refractivity contribution in [2.45, 2.75) is 38.3 Å². The van der Waals surface area contributed by atoms with Crippen molar-refractivity contribution in [3.63, 3.8) is 0 Å². The molecule has 1 fully saturated rings. The van der Waals surface area contributed by atoms with Crippen molar-refractivity contribution in [2.75, 3.05) is 19.6 Å². The summed E-state index contributed by atoms with van der Waals surface area (Å²) in [5.41, 5.74) is 7.02. The number of carbonyl (C=O) groups is 1. The highest BCUT2D eigenvalue weighted by atomic mass is 16.1. The zero-order chi connectivity index (χ0) is 14.2. The van der Waals surface area contributed by atoms with Crippen LogP contribution in [0.5, 0.6) is 0 Å². The van der Waals surface area contributed by atoms with E-state index in [1.165, 1.54) is 0 Å². The zero-order valence-electron chi connectivity index (χ0n) is 12.1. The van der Waals surface area contributed by atoms with E-state index in [0.29, 0.717) is 19.0 Å². The number of nitrogens with one attached hydrogen (secondary N) is 1. The third-order valence-corrected chi connectivity index (χ3v) is 3.84. The Morgan fingerprint density at radius 3 is 2.65 bits per heavy atom. The predicted molar refractivity (Wildman–Crippen MR) is 81.2 cm³/mol. The predicted octanol–water partition coefficient (Wildman–Crippen LogP) is 1.51. The SMILES string of the molecule is NC1CCN(CCCC(=O)NCc2ccccc2)CC1. The van der Waals surface area contributed by atoms with E-state index < -0.39 is 0 Å². The molecule has 0 aromatic heterocycles. The second-order valence-electron chi connectivity index (χ2n) is 5.54. The van der Waals surface area contributed by atoms with E-state index in [1.54, 1.807) is 0 Å². The number of amides is 1. The molecule has 2 rings (SSSR count). The lowest BCUT2D eigenvalue weighted by Gasteiger charge is -2.29. The fraction of sp³-hybridized carbons (Fsp3) is 0.562. The van der Waals surface area contributed by atoms with Crippen LogP contribution in [0.4, 0.5) is 0 Å². The molecule has 0 spiro atoms. The third kappa shape index (κ3) is 5.31. The molecule has 0 saturated carbocycles. The molecule has 0 unspecified atom stereocenters. The lowest BCUT2D eigenvalue weighted by molar-refractivity contribution is -0.121. The Kier molecular flexibility index (Phi) is 6.02. The van der Waals surface area contributed by atoms with E-state index >= 15 is 0 Å². The molecule has 0 aliphatic carbocycles. The second kappa shape index (κ2) is 8.02. The summed E-state index contributed by atoms with van der Waals surface area (Å²) in [7, 11) is 0. The molecule has 0 bridgehead atoms. The highest BCUT2D eigenvalue weighted by molar-refractivity contribution is 5.75. The molecule has 4 nitrogen and oxygen atoms in total. The minimum absolute atomic E-state index is 0.141. The van der Waals surface area contributed by atoms with Crippen LogP contribution in [0.2, 0.25) is 0 Å². The highest BCUT2D eigenvalue weighted by Gasteiger charge is 2.15. The number of nitrogens with two attached hydrogens (primary N) is 1. The number of piperidine rings is 1. The maximum atomic E-state index is 11.8. The number of likely N-dealkylation sites (tertiary alicyclic amines) is 1. The van der Waals surface area contributed by atoms with Gasteiger partial charge < -0.3 is 16.0 Å². The van der Waals surface area contributed by atoms with Gasteiger partial charge in [0, 0.05) is 19.0 Å². The Bertz CT molecular complexity index is 399. The molecule has 0 radical (unpaired) electrons. The molecule has 1 aliphatic rings. The molecule has 0 atom stereocenters. The van der Waals surface area contributed by atoms with Crippen LogP contribution in [0.1, 0.15) is 31.2 Å². The van der Waals surface area contributed by atoms with Crippen LogP contribution in [0, 0.1) is 0 Å². The van der Waals surface area contributed by atoms with Crippen LogP contribution in [0.25, 0.3) is 0 Å².